The van der Waals surface area contributed by atoms with Crippen LogP contribution in [-0.4, -0.2) is 22.3 Å². The van der Waals surface area contributed by atoms with Crippen molar-refractivity contribution in [3.05, 3.63) is 64.6 Å². The quantitative estimate of drug-likeness (QED) is 0.275. The van der Waals surface area contributed by atoms with Gasteiger partial charge < -0.3 is 14.7 Å². The third-order valence-corrected chi connectivity index (χ3v) is 6.03. The molecule has 0 unspecified atom stereocenters. The molecule has 0 radical (unpaired) electrons. The molecule has 0 bridgehead atoms. The molecule has 4 heteroatoms. The molecule has 1 aliphatic rings. The Morgan fingerprint density at radius 2 is 1.56 bits per heavy atom. The van der Waals surface area contributed by atoms with Crippen molar-refractivity contribution in [3.63, 3.8) is 0 Å². The van der Waals surface area contributed by atoms with E-state index in [2.05, 4.69) is 54.2 Å². The van der Waals surface area contributed by atoms with Crippen molar-refractivity contribution in [1.29, 1.82) is 0 Å². The fourth-order valence-corrected chi connectivity index (χ4v) is 4.22. The summed E-state index contributed by atoms with van der Waals surface area (Å²) in [5.41, 5.74) is 6.34. The average Bonchev–Trinajstić information content (AvgIpc) is 3.51. The SMILES string of the molecule is CCCCCCCCCCCCc1ccc(/C=C2\N=C(c3ccc(C)[nH]3)C=C2OCC)[nH]1. The van der Waals surface area contributed by atoms with Gasteiger partial charge >= 0.3 is 0 Å². The fraction of sp³-hybridized carbons (Fsp3) is 0.536. The highest BCUT2D eigenvalue weighted by molar-refractivity contribution is 6.11. The summed E-state index contributed by atoms with van der Waals surface area (Å²) in [6, 6.07) is 8.49. The number of rotatable bonds is 15. The van der Waals surface area contributed by atoms with Gasteiger partial charge in [-0.05, 0) is 57.0 Å². The lowest BCUT2D eigenvalue weighted by Crippen LogP contribution is -1.94. The van der Waals surface area contributed by atoms with Gasteiger partial charge in [0.15, 0.2) is 0 Å². The zero-order valence-electron chi connectivity index (χ0n) is 20.3. The van der Waals surface area contributed by atoms with Crippen LogP contribution in [0.2, 0.25) is 0 Å². The normalized spacial score (nSPS) is 14.8. The second-order valence-corrected chi connectivity index (χ2v) is 8.89. The molecular weight excluding hydrogens is 394 g/mol. The van der Waals surface area contributed by atoms with Crippen molar-refractivity contribution in [2.75, 3.05) is 6.61 Å². The van der Waals surface area contributed by atoms with E-state index in [1.54, 1.807) is 0 Å². The molecule has 0 aromatic carbocycles. The molecule has 4 nitrogen and oxygen atoms in total. The first-order valence-corrected chi connectivity index (χ1v) is 12.7. The van der Waals surface area contributed by atoms with Crippen LogP contribution < -0.4 is 0 Å². The van der Waals surface area contributed by atoms with Gasteiger partial charge in [0.05, 0.1) is 18.0 Å². The highest BCUT2D eigenvalue weighted by atomic mass is 16.5. The number of ether oxygens (including phenoxy) is 1. The Kier molecular flexibility index (Phi) is 9.93. The molecule has 2 aromatic rings. The summed E-state index contributed by atoms with van der Waals surface area (Å²) >= 11 is 0. The van der Waals surface area contributed by atoms with E-state index in [0.717, 1.165) is 40.7 Å². The summed E-state index contributed by atoms with van der Waals surface area (Å²) in [6.45, 7) is 6.97. The van der Waals surface area contributed by atoms with Crippen LogP contribution in [0.25, 0.3) is 6.08 Å². The maximum Gasteiger partial charge on any atom is 0.147 e. The zero-order chi connectivity index (χ0) is 22.6. The van der Waals surface area contributed by atoms with Gasteiger partial charge in [0.2, 0.25) is 0 Å². The Morgan fingerprint density at radius 1 is 0.844 bits per heavy atom. The molecule has 1 aliphatic heterocycles. The number of aryl methyl sites for hydroxylation is 2. The van der Waals surface area contributed by atoms with Crippen LogP contribution >= 0.6 is 0 Å². The predicted molar refractivity (Wildman–Crippen MR) is 136 cm³/mol. The first kappa shape index (κ1) is 24.2. The highest BCUT2D eigenvalue weighted by Crippen LogP contribution is 2.25. The number of hydrogen-bond acceptors (Lipinski definition) is 2. The summed E-state index contributed by atoms with van der Waals surface area (Å²) in [6.07, 6.45) is 19.0. The molecule has 0 saturated carbocycles. The largest absolute Gasteiger partial charge is 0.492 e. The highest BCUT2D eigenvalue weighted by Gasteiger charge is 2.18. The number of nitrogens with zero attached hydrogens (tertiary/aromatic N) is 1. The van der Waals surface area contributed by atoms with Crippen LogP contribution in [0.1, 0.15) is 101 Å². The van der Waals surface area contributed by atoms with Gasteiger partial charge in [-0.3, -0.25) is 0 Å². The van der Waals surface area contributed by atoms with E-state index in [4.69, 9.17) is 9.73 Å². The molecule has 0 spiro atoms. The molecule has 0 saturated heterocycles. The molecule has 0 aliphatic carbocycles. The van der Waals surface area contributed by atoms with Crippen molar-refractivity contribution in [3.8, 4) is 0 Å². The van der Waals surface area contributed by atoms with Gasteiger partial charge in [-0.25, -0.2) is 4.99 Å². The molecule has 0 fully saturated rings. The van der Waals surface area contributed by atoms with E-state index in [1.807, 2.05) is 13.0 Å². The van der Waals surface area contributed by atoms with Crippen LogP contribution in [0.4, 0.5) is 0 Å². The van der Waals surface area contributed by atoms with Crippen LogP contribution in [-0.2, 0) is 11.2 Å². The lowest BCUT2D eigenvalue weighted by atomic mass is 10.1. The molecule has 2 aromatic heterocycles. The molecule has 32 heavy (non-hydrogen) atoms. The second-order valence-electron chi connectivity index (χ2n) is 8.89. The van der Waals surface area contributed by atoms with Crippen molar-refractivity contribution >= 4 is 11.8 Å². The number of unbranched alkanes of at least 4 members (excludes halogenated alkanes) is 9. The van der Waals surface area contributed by atoms with E-state index in [1.165, 1.54) is 69.9 Å². The zero-order valence-corrected chi connectivity index (χ0v) is 20.3. The lowest BCUT2D eigenvalue weighted by Gasteiger charge is -2.04. The van der Waals surface area contributed by atoms with Crippen molar-refractivity contribution in [2.45, 2.75) is 91.4 Å². The van der Waals surface area contributed by atoms with Gasteiger partial charge in [0, 0.05) is 23.2 Å². The Balaban J connectivity index is 1.45. The number of aromatic nitrogens is 2. The fourth-order valence-electron chi connectivity index (χ4n) is 4.22. The molecule has 174 valence electrons. The Morgan fingerprint density at radius 3 is 2.22 bits per heavy atom. The molecule has 3 rings (SSSR count). The standard InChI is InChI=1S/C28H41N3O/c1-4-6-7-8-9-10-11-12-13-14-15-23-17-18-24(30-23)20-27-28(32-5-2)21-26(31-27)25-19-16-22(3)29-25/h16-21,29-30H,4-15H2,1-3H3/b27-20-. The third kappa shape index (κ3) is 7.58. The number of allylic oxidation sites excluding steroid dienone is 1. The van der Waals surface area contributed by atoms with Crippen molar-refractivity contribution in [1.82, 2.24) is 9.97 Å². The summed E-state index contributed by atoms with van der Waals surface area (Å²) < 4.78 is 5.84. The number of nitrogens with one attached hydrogen (secondary N) is 2. The second kappa shape index (κ2) is 13.1. The Labute approximate surface area is 194 Å². The molecule has 3 heterocycles. The Bertz CT molecular complexity index is 913. The number of aliphatic imine (C=N–C) groups is 1. The van der Waals surface area contributed by atoms with Crippen molar-refractivity contribution in [2.24, 2.45) is 4.99 Å². The van der Waals surface area contributed by atoms with Crippen LogP contribution in [0, 0.1) is 6.92 Å². The van der Waals surface area contributed by atoms with E-state index in [-0.39, 0.29) is 0 Å². The number of aromatic amines is 2. The van der Waals surface area contributed by atoms with Gasteiger partial charge in [-0.2, -0.15) is 0 Å². The van der Waals surface area contributed by atoms with Gasteiger partial charge in [-0.15, -0.1) is 0 Å². The van der Waals surface area contributed by atoms with Gasteiger partial charge in [-0.1, -0.05) is 64.7 Å². The van der Waals surface area contributed by atoms with E-state index >= 15 is 0 Å². The minimum absolute atomic E-state index is 0.629. The summed E-state index contributed by atoms with van der Waals surface area (Å²) in [5, 5.41) is 0. The molecule has 2 N–H and O–H groups in total. The van der Waals surface area contributed by atoms with Crippen LogP contribution in [0.3, 0.4) is 0 Å². The number of hydrogen-bond donors (Lipinski definition) is 2. The summed E-state index contributed by atoms with van der Waals surface area (Å²) in [4.78, 5) is 11.7. The van der Waals surface area contributed by atoms with E-state index < -0.39 is 0 Å². The van der Waals surface area contributed by atoms with Crippen LogP contribution in [0.15, 0.2) is 46.8 Å². The summed E-state index contributed by atoms with van der Waals surface area (Å²) in [5.74, 6) is 0.834. The van der Waals surface area contributed by atoms with Crippen molar-refractivity contribution < 1.29 is 4.74 Å². The molecular formula is C28H41N3O. The van der Waals surface area contributed by atoms with Crippen LogP contribution in [0.5, 0.6) is 0 Å². The first-order chi connectivity index (χ1) is 15.7. The molecule has 0 atom stereocenters. The predicted octanol–water partition coefficient (Wildman–Crippen LogP) is 7.88. The minimum Gasteiger partial charge on any atom is -0.492 e. The molecule has 0 amide bonds. The maximum absolute atomic E-state index is 5.84. The summed E-state index contributed by atoms with van der Waals surface area (Å²) in [7, 11) is 0. The maximum atomic E-state index is 5.84. The van der Waals surface area contributed by atoms with Gasteiger partial charge in [0.25, 0.3) is 0 Å². The van der Waals surface area contributed by atoms with E-state index in [9.17, 15) is 0 Å². The minimum atomic E-state index is 0.629. The first-order valence-electron chi connectivity index (χ1n) is 12.7. The average molecular weight is 436 g/mol. The third-order valence-electron chi connectivity index (χ3n) is 6.03. The topological polar surface area (TPSA) is 53.2 Å². The van der Waals surface area contributed by atoms with E-state index in [0.29, 0.717) is 6.61 Å². The number of H-pyrrole nitrogens is 2. The lowest BCUT2D eigenvalue weighted by molar-refractivity contribution is 0.239. The smallest absolute Gasteiger partial charge is 0.147 e. The monoisotopic (exact) mass is 435 g/mol. The van der Waals surface area contributed by atoms with Gasteiger partial charge in [0.1, 0.15) is 11.5 Å². The Hall–Kier alpha value is -2.49.